The highest BCUT2D eigenvalue weighted by Crippen LogP contribution is 2.22. The van der Waals surface area contributed by atoms with Crippen LogP contribution in [-0.2, 0) is 0 Å². The van der Waals surface area contributed by atoms with Gasteiger partial charge in [-0.05, 0) is 31.9 Å². The number of aliphatic hydroxyl groups excluding tert-OH is 1. The van der Waals surface area contributed by atoms with Gasteiger partial charge in [0.1, 0.15) is 12.4 Å². The lowest BCUT2D eigenvalue weighted by molar-refractivity contribution is -0.384. The first kappa shape index (κ1) is 15.7. The van der Waals surface area contributed by atoms with Gasteiger partial charge in [0.25, 0.3) is 5.69 Å². The minimum atomic E-state index is -0.426. The Labute approximate surface area is 124 Å². The highest BCUT2D eigenvalue weighted by molar-refractivity contribution is 5.35. The van der Waals surface area contributed by atoms with Gasteiger partial charge in [0.2, 0.25) is 0 Å². The van der Waals surface area contributed by atoms with Crippen molar-refractivity contribution in [3.63, 3.8) is 0 Å². The molecule has 0 spiro atoms. The lowest BCUT2D eigenvalue weighted by Gasteiger charge is -2.39. The SMILES string of the molecule is CC1CCCC(CO)N1CCOc1ccc([N+](=O)[O-])cc1. The zero-order valence-electron chi connectivity index (χ0n) is 12.3. The molecule has 2 unspecified atom stereocenters. The topological polar surface area (TPSA) is 75.8 Å². The van der Waals surface area contributed by atoms with E-state index in [1.165, 1.54) is 12.1 Å². The number of hydrogen-bond donors (Lipinski definition) is 1. The predicted octanol–water partition coefficient (Wildman–Crippen LogP) is 2.21. The van der Waals surface area contributed by atoms with E-state index in [0.29, 0.717) is 18.4 Å². The summed E-state index contributed by atoms with van der Waals surface area (Å²) in [5.74, 6) is 0.630. The van der Waals surface area contributed by atoms with Crippen molar-refractivity contribution in [2.75, 3.05) is 19.8 Å². The first-order valence-electron chi connectivity index (χ1n) is 7.35. The second-order valence-electron chi connectivity index (χ2n) is 5.45. The Balaban J connectivity index is 1.83. The van der Waals surface area contributed by atoms with Crippen molar-refractivity contribution >= 4 is 5.69 Å². The molecule has 2 atom stereocenters. The quantitative estimate of drug-likeness (QED) is 0.643. The third kappa shape index (κ3) is 4.15. The molecule has 0 saturated carbocycles. The number of likely N-dealkylation sites (tertiary alicyclic amines) is 1. The van der Waals surface area contributed by atoms with E-state index >= 15 is 0 Å². The van der Waals surface area contributed by atoms with Crippen LogP contribution in [-0.4, -0.2) is 46.8 Å². The minimum absolute atomic E-state index is 0.0624. The lowest BCUT2D eigenvalue weighted by Crippen LogP contribution is -2.48. The molecule has 21 heavy (non-hydrogen) atoms. The molecule has 0 aliphatic carbocycles. The average molecular weight is 294 g/mol. The molecule has 1 heterocycles. The average Bonchev–Trinajstić information content (AvgIpc) is 2.49. The molecular formula is C15H22N2O4. The van der Waals surface area contributed by atoms with Gasteiger partial charge < -0.3 is 9.84 Å². The first-order chi connectivity index (χ1) is 10.1. The van der Waals surface area contributed by atoms with Crippen LogP contribution < -0.4 is 4.74 Å². The van der Waals surface area contributed by atoms with E-state index in [2.05, 4.69) is 11.8 Å². The zero-order valence-corrected chi connectivity index (χ0v) is 12.3. The molecule has 1 aliphatic heterocycles. The Bertz CT molecular complexity index is 463. The molecule has 116 valence electrons. The van der Waals surface area contributed by atoms with Crippen LogP contribution in [0.5, 0.6) is 5.75 Å². The van der Waals surface area contributed by atoms with Gasteiger partial charge in [0.05, 0.1) is 11.5 Å². The number of rotatable bonds is 6. The second kappa shape index (κ2) is 7.38. The van der Waals surface area contributed by atoms with E-state index in [0.717, 1.165) is 25.8 Å². The fourth-order valence-electron chi connectivity index (χ4n) is 2.87. The highest BCUT2D eigenvalue weighted by atomic mass is 16.6. The Morgan fingerprint density at radius 1 is 1.38 bits per heavy atom. The number of aliphatic hydroxyl groups is 1. The summed E-state index contributed by atoms with van der Waals surface area (Å²) >= 11 is 0. The monoisotopic (exact) mass is 294 g/mol. The predicted molar refractivity (Wildman–Crippen MR) is 79.5 cm³/mol. The van der Waals surface area contributed by atoms with Crippen LogP contribution in [0.15, 0.2) is 24.3 Å². The van der Waals surface area contributed by atoms with Gasteiger partial charge >= 0.3 is 0 Å². The number of piperidine rings is 1. The molecule has 0 aromatic heterocycles. The van der Waals surface area contributed by atoms with Crippen LogP contribution in [0.4, 0.5) is 5.69 Å². The molecule has 1 aliphatic rings. The van der Waals surface area contributed by atoms with E-state index in [4.69, 9.17) is 4.74 Å². The Kier molecular flexibility index (Phi) is 5.52. The van der Waals surface area contributed by atoms with E-state index in [1.807, 2.05) is 0 Å². The summed E-state index contributed by atoms with van der Waals surface area (Å²) in [7, 11) is 0. The van der Waals surface area contributed by atoms with Crippen molar-refractivity contribution < 1.29 is 14.8 Å². The number of ether oxygens (including phenoxy) is 1. The normalized spacial score (nSPS) is 23.0. The largest absolute Gasteiger partial charge is 0.492 e. The van der Waals surface area contributed by atoms with Gasteiger partial charge in [-0.15, -0.1) is 0 Å². The van der Waals surface area contributed by atoms with Crippen LogP contribution in [0, 0.1) is 10.1 Å². The van der Waals surface area contributed by atoms with Gasteiger partial charge in [0.15, 0.2) is 0 Å². The molecule has 6 heteroatoms. The van der Waals surface area contributed by atoms with Crippen molar-refractivity contribution in [2.24, 2.45) is 0 Å². The van der Waals surface area contributed by atoms with Gasteiger partial charge in [0, 0.05) is 30.8 Å². The third-order valence-corrected chi connectivity index (χ3v) is 4.07. The number of benzene rings is 1. The summed E-state index contributed by atoms with van der Waals surface area (Å²) in [5.41, 5.74) is 0.0624. The maximum absolute atomic E-state index is 10.6. The molecule has 0 bridgehead atoms. The number of nitro groups is 1. The van der Waals surface area contributed by atoms with Gasteiger partial charge in [-0.3, -0.25) is 15.0 Å². The standard InChI is InChI=1S/C15H22N2O4/c1-12-3-2-4-14(11-18)16(12)9-10-21-15-7-5-13(6-8-15)17(19)20/h5-8,12,14,18H,2-4,9-11H2,1H3. The van der Waals surface area contributed by atoms with Crippen LogP contribution >= 0.6 is 0 Å². The Hall–Kier alpha value is -1.66. The van der Waals surface area contributed by atoms with Gasteiger partial charge in [-0.25, -0.2) is 0 Å². The molecule has 1 aromatic carbocycles. The fourth-order valence-corrected chi connectivity index (χ4v) is 2.87. The first-order valence-corrected chi connectivity index (χ1v) is 7.35. The molecule has 2 rings (SSSR count). The highest BCUT2D eigenvalue weighted by Gasteiger charge is 2.26. The molecule has 1 saturated heterocycles. The van der Waals surface area contributed by atoms with E-state index in [1.54, 1.807) is 12.1 Å². The van der Waals surface area contributed by atoms with Crippen molar-refractivity contribution in [1.82, 2.24) is 4.90 Å². The minimum Gasteiger partial charge on any atom is -0.492 e. The lowest BCUT2D eigenvalue weighted by atomic mass is 9.97. The molecule has 1 aromatic rings. The van der Waals surface area contributed by atoms with Crippen LogP contribution in [0.3, 0.4) is 0 Å². The van der Waals surface area contributed by atoms with Gasteiger partial charge in [-0.2, -0.15) is 0 Å². The molecule has 0 amide bonds. The summed E-state index contributed by atoms with van der Waals surface area (Å²) in [6.07, 6.45) is 3.33. The van der Waals surface area contributed by atoms with Crippen molar-refractivity contribution in [3.8, 4) is 5.75 Å². The molecule has 6 nitrogen and oxygen atoms in total. The molecule has 1 N–H and O–H groups in total. The van der Waals surface area contributed by atoms with E-state index < -0.39 is 4.92 Å². The summed E-state index contributed by atoms with van der Waals surface area (Å²) in [5, 5.41) is 20.0. The maximum atomic E-state index is 10.6. The molecule has 1 fully saturated rings. The number of hydrogen-bond acceptors (Lipinski definition) is 5. The van der Waals surface area contributed by atoms with Crippen molar-refractivity contribution in [3.05, 3.63) is 34.4 Å². The number of nitro benzene ring substituents is 1. The maximum Gasteiger partial charge on any atom is 0.269 e. The van der Waals surface area contributed by atoms with Gasteiger partial charge in [-0.1, -0.05) is 6.42 Å². The Morgan fingerprint density at radius 2 is 2.10 bits per heavy atom. The van der Waals surface area contributed by atoms with Crippen LogP contribution in [0.2, 0.25) is 0 Å². The summed E-state index contributed by atoms with van der Waals surface area (Å²) in [6.45, 7) is 3.62. The Morgan fingerprint density at radius 3 is 2.71 bits per heavy atom. The second-order valence-corrected chi connectivity index (χ2v) is 5.45. The number of non-ortho nitro benzene ring substituents is 1. The van der Waals surface area contributed by atoms with E-state index in [-0.39, 0.29) is 18.3 Å². The molecular weight excluding hydrogens is 272 g/mol. The van der Waals surface area contributed by atoms with Crippen molar-refractivity contribution in [1.29, 1.82) is 0 Å². The van der Waals surface area contributed by atoms with E-state index in [9.17, 15) is 15.2 Å². The zero-order chi connectivity index (χ0) is 15.2. The fraction of sp³-hybridized carbons (Fsp3) is 0.600. The smallest absolute Gasteiger partial charge is 0.269 e. The number of nitrogens with zero attached hydrogens (tertiary/aromatic N) is 2. The van der Waals surface area contributed by atoms with Crippen molar-refractivity contribution in [2.45, 2.75) is 38.3 Å². The summed E-state index contributed by atoms with van der Waals surface area (Å²) in [4.78, 5) is 12.4. The summed E-state index contributed by atoms with van der Waals surface area (Å²) < 4.78 is 5.64. The van der Waals surface area contributed by atoms with Crippen LogP contribution in [0.1, 0.15) is 26.2 Å². The third-order valence-electron chi connectivity index (χ3n) is 4.07. The van der Waals surface area contributed by atoms with Crippen LogP contribution in [0.25, 0.3) is 0 Å². The molecule has 0 radical (unpaired) electrons. The summed E-state index contributed by atoms with van der Waals surface area (Å²) in [6, 6.07) is 6.78.